The number of carboxylic acids is 1. The summed E-state index contributed by atoms with van der Waals surface area (Å²) >= 11 is 0. The molecule has 1 aromatic carbocycles. The fourth-order valence-electron chi connectivity index (χ4n) is 2.26. The average molecular weight is 276 g/mol. The predicted molar refractivity (Wildman–Crippen MR) is 73.9 cm³/mol. The minimum atomic E-state index is -0.973. The van der Waals surface area contributed by atoms with Crippen molar-refractivity contribution in [3.05, 3.63) is 40.2 Å². The Labute approximate surface area is 115 Å². The van der Waals surface area contributed by atoms with Crippen molar-refractivity contribution in [2.45, 2.75) is 26.2 Å². The van der Waals surface area contributed by atoms with Crippen LogP contribution in [-0.4, -0.2) is 16.2 Å². The summed E-state index contributed by atoms with van der Waals surface area (Å²) in [7, 11) is 0. The number of hydrogen-bond acceptors (Lipinski definition) is 4. The van der Waals surface area contributed by atoms with Crippen molar-refractivity contribution >= 4 is 16.9 Å². The van der Waals surface area contributed by atoms with E-state index in [9.17, 15) is 14.7 Å². The van der Waals surface area contributed by atoms with Gasteiger partial charge in [0.15, 0.2) is 0 Å². The normalized spacial score (nSPS) is 12.4. The molecule has 2 N–H and O–H groups in total. The lowest BCUT2D eigenvalue weighted by atomic mass is 9.95. The molecule has 0 amide bonds. The van der Waals surface area contributed by atoms with Gasteiger partial charge in [-0.1, -0.05) is 25.5 Å². The van der Waals surface area contributed by atoms with Crippen LogP contribution in [0, 0.1) is 5.92 Å². The number of aliphatic carboxylic acids is 1. The van der Waals surface area contributed by atoms with E-state index in [1.54, 1.807) is 24.3 Å². The molecule has 0 aliphatic rings. The Morgan fingerprint density at radius 2 is 2.05 bits per heavy atom. The molecule has 0 saturated carbocycles. The van der Waals surface area contributed by atoms with E-state index in [-0.39, 0.29) is 17.7 Å². The Kier molecular flexibility index (Phi) is 4.08. The molecule has 2 rings (SSSR count). The molecule has 2 aromatic rings. The number of para-hydroxylation sites is 1. The first-order chi connectivity index (χ1) is 9.54. The zero-order valence-electron chi connectivity index (χ0n) is 11.1. The minimum absolute atomic E-state index is 0.0256. The standard InChI is InChI=1S/C15H16O5/c1-2-5-9(14(17)18)8-11-13(16)10-6-3-4-7-12(10)20-15(11)19/h3-4,6-7,9,16H,2,5,8H2,1H3,(H,17,18). The van der Waals surface area contributed by atoms with Gasteiger partial charge in [0.1, 0.15) is 11.3 Å². The van der Waals surface area contributed by atoms with Gasteiger partial charge in [-0.05, 0) is 25.0 Å². The molecule has 1 aromatic heterocycles. The summed E-state index contributed by atoms with van der Waals surface area (Å²) in [6.07, 6.45) is 1.11. The second kappa shape index (κ2) is 5.77. The van der Waals surface area contributed by atoms with Crippen LogP contribution in [0.2, 0.25) is 0 Å². The summed E-state index contributed by atoms with van der Waals surface area (Å²) in [5.74, 6) is -1.85. The molecule has 0 saturated heterocycles. The van der Waals surface area contributed by atoms with Crippen LogP contribution in [-0.2, 0) is 11.2 Å². The van der Waals surface area contributed by atoms with E-state index >= 15 is 0 Å². The summed E-state index contributed by atoms with van der Waals surface area (Å²) in [6.45, 7) is 1.87. The number of benzene rings is 1. The third kappa shape index (κ3) is 2.66. The molecule has 1 unspecified atom stereocenters. The fourth-order valence-corrected chi connectivity index (χ4v) is 2.26. The second-order valence-electron chi connectivity index (χ2n) is 4.74. The van der Waals surface area contributed by atoms with E-state index in [2.05, 4.69) is 0 Å². The maximum Gasteiger partial charge on any atom is 0.343 e. The van der Waals surface area contributed by atoms with Gasteiger partial charge in [-0.3, -0.25) is 4.79 Å². The van der Waals surface area contributed by atoms with Gasteiger partial charge in [-0.25, -0.2) is 4.79 Å². The van der Waals surface area contributed by atoms with Crippen LogP contribution >= 0.6 is 0 Å². The van der Waals surface area contributed by atoms with Crippen molar-refractivity contribution in [1.29, 1.82) is 0 Å². The third-order valence-electron chi connectivity index (χ3n) is 3.31. The van der Waals surface area contributed by atoms with Gasteiger partial charge in [-0.15, -0.1) is 0 Å². The molecule has 1 heterocycles. The van der Waals surface area contributed by atoms with Crippen LogP contribution in [0.15, 0.2) is 33.5 Å². The van der Waals surface area contributed by atoms with Gasteiger partial charge in [0.2, 0.25) is 0 Å². The number of hydrogen-bond donors (Lipinski definition) is 2. The molecule has 20 heavy (non-hydrogen) atoms. The highest BCUT2D eigenvalue weighted by molar-refractivity contribution is 5.84. The van der Waals surface area contributed by atoms with Crippen LogP contribution in [0.5, 0.6) is 5.75 Å². The number of carboxylic acid groups (broad SMARTS) is 1. The van der Waals surface area contributed by atoms with Gasteiger partial charge >= 0.3 is 11.6 Å². The first-order valence-electron chi connectivity index (χ1n) is 6.51. The molecule has 1 atom stereocenters. The summed E-state index contributed by atoms with van der Waals surface area (Å²) in [4.78, 5) is 23.1. The summed E-state index contributed by atoms with van der Waals surface area (Å²) < 4.78 is 5.12. The SMILES string of the molecule is CCCC(Cc1c(O)c2ccccc2oc1=O)C(=O)O. The van der Waals surface area contributed by atoms with E-state index in [1.165, 1.54) is 0 Å². The number of carbonyl (C=O) groups is 1. The lowest BCUT2D eigenvalue weighted by molar-refractivity contribution is -0.141. The van der Waals surface area contributed by atoms with Crippen LogP contribution in [0.3, 0.4) is 0 Å². The number of rotatable bonds is 5. The van der Waals surface area contributed by atoms with Crippen LogP contribution < -0.4 is 5.63 Å². The summed E-state index contributed by atoms with van der Waals surface area (Å²) in [6, 6.07) is 6.63. The Morgan fingerprint density at radius 3 is 2.70 bits per heavy atom. The molecule has 5 nitrogen and oxygen atoms in total. The zero-order chi connectivity index (χ0) is 14.7. The zero-order valence-corrected chi connectivity index (χ0v) is 11.1. The van der Waals surface area contributed by atoms with Crippen molar-refractivity contribution in [2.75, 3.05) is 0 Å². The highest BCUT2D eigenvalue weighted by Crippen LogP contribution is 2.28. The molecule has 0 aliphatic carbocycles. The maximum absolute atomic E-state index is 11.9. The van der Waals surface area contributed by atoms with Crippen LogP contribution in [0.1, 0.15) is 25.3 Å². The number of aromatic hydroxyl groups is 1. The van der Waals surface area contributed by atoms with Crippen molar-refractivity contribution in [3.63, 3.8) is 0 Å². The first-order valence-corrected chi connectivity index (χ1v) is 6.51. The fraction of sp³-hybridized carbons (Fsp3) is 0.333. The average Bonchev–Trinajstić information content (AvgIpc) is 2.42. The van der Waals surface area contributed by atoms with Crippen molar-refractivity contribution in [2.24, 2.45) is 5.92 Å². The Morgan fingerprint density at radius 1 is 1.35 bits per heavy atom. The highest BCUT2D eigenvalue weighted by atomic mass is 16.4. The molecule has 0 fully saturated rings. The summed E-state index contributed by atoms with van der Waals surface area (Å²) in [5.41, 5.74) is -0.353. The molecule has 0 spiro atoms. The van der Waals surface area contributed by atoms with Gasteiger partial charge in [0, 0.05) is 0 Å². The number of fused-ring (bicyclic) bond motifs is 1. The second-order valence-corrected chi connectivity index (χ2v) is 4.74. The van der Waals surface area contributed by atoms with Crippen molar-refractivity contribution in [3.8, 4) is 5.75 Å². The quantitative estimate of drug-likeness (QED) is 0.819. The van der Waals surface area contributed by atoms with E-state index in [1.807, 2.05) is 6.92 Å². The lowest BCUT2D eigenvalue weighted by Crippen LogP contribution is -2.20. The molecule has 5 heteroatoms. The third-order valence-corrected chi connectivity index (χ3v) is 3.31. The van der Waals surface area contributed by atoms with E-state index in [0.717, 1.165) is 0 Å². The largest absolute Gasteiger partial charge is 0.507 e. The van der Waals surface area contributed by atoms with Crippen LogP contribution in [0.4, 0.5) is 0 Å². The van der Waals surface area contributed by atoms with E-state index in [0.29, 0.717) is 23.8 Å². The van der Waals surface area contributed by atoms with E-state index < -0.39 is 17.5 Å². The Bertz CT molecular complexity index is 686. The molecule has 0 aliphatic heterocycles. The van der Waals surface area contributed by atoms with Gasteiger partial charge < -0.3 is 14.6 Å². The molecule has 106 valence electrons. The van der Waals surface area contributed by atoms with Crippen molar-refractivity contribution in [1.82, 2.24) is 0 Å². The molecular formula is C15H16O5. The maximum atomic E-state index is 11.9. The Hall–Kier alpha value is -2.30. The summed E-state index contributed by atoms with van der Waals surface area (Å²) in [5, 5.41) is 19.7. The van der Waals surface area contributed by atoms with Crippen molar-refractivity contribution < 1.29 is 19.4 Å². The highest BCUT2D eigenvalue weighted by Gasteiger charge is 2.22. The molecular weight excluding hydrogens is 260 g/mol. The predicted octanol–water partition coefficient (Wildman–Crippen LogP) is 2.54. The first kappa shape index (κ1) is 14.1. The van der Waals surface area contributed by atoms with Crippen LogP contribution in [0.25, 0.3) is 11.0 Å². The monoisotopic (exact) mass is 276 g/mol. The Balaban J connectivity index is 2.48. The van der Waals surface area contributed by atoms with Gasteiger partial charge in [-0.2, -0.15) is 0 Å². The minimum Gasteiger partial charge on any atom is -0.507 e. The lowest BCUT2D eigenvalue weighted by Gasteiger charge is -2.12. The van der Waals surface area contributed by atoms with Gasteiger partial charge in [0.25, 0.3) is 0 Å². The smallest absolute Gasteiger partial charge is 0.343 e. The molecule has 0 radical (unpaired) electrons. The molecule has 0 bridgehead atoms. The topological polar surface area (TPSA) is 87.7 Å². The van der Waals surface area contributed by atoms with E-state index in [4.69, 9.17) is 9.52 Å². The van der Waals surface area contributed by atoms with Gasteiger partial charge in [0.05, 0.1) is 16.9 Å².